The quantitative estimate of drug-likeness (QED) is 0.863. The number of methoxy groups -OCH3 is 1. The lowest BCUT2D eigenvalue weighted by molar-refractivity contribution is 0.103. The van der Waals surface area contributed by atoms with Gasteiger partial charge in [-0.05, 0) is 43.4 Å². The highest BCUT2D eigenvalue weighted by Crippen LogP contribution is 2.41. The summed E-state index contributed by atoms with van der Waals surface area (Å²) in [6, 6.07) is 7.08. The van der Waals surface area contributed by atoms with Gasteiger partial charge in [-0.15, -0.1) is 0 Å². The van der Waals surface area contributed by atoms with Crippen molar-refractivity contribution in [1.29, 1.82) is 0 Å². The molecule has 0 unspecified atom stereocenters. The van der Waals surface area contributed by atoms with Crippen molar-refractivity contribution < 1.29 is 9.47 Å². The first-order chi connectivity index (χ1) is 11.8. The summed E-state index contributed by atoms with van der Waals surface area (Å²) in [7, 11) is 1.74. The maximum Gasteiger partial charge on any atom is 0.161 e. The summed E-state index contributed by atoms with van der Waals surface area (Å²) in [5.74, 6) is 2.48. The van der Waals surface area contributed by atoms with Gasteiger partial charge in [0.05, 0.1) is 13.7 Å². The molecule has 0 spiro atoms. The van der Waals surface area contributed by atoms with Crippen LogP contribution < -0.4 is 14.8 Å². The molecule has 1 aliphatic carbocycles. The van der Waals surface area contributed by atoms with E-state index in [0.29, 0.717) is 12.6 Å². The fourth-order valence-corrected chi connectivity index (χ4v) is 4.33. The minimum Gasteiger partial charge on any atom is -0.493 e. The normalized spacial score (nSPS) is 21.4. The highest BCUT2D eigenvalue weighted by molar-refractivity contribution is 5.44. The van der Waals surface area contributed by atoms with E-state index in [1.54, 1.807) is 7.11 Å². The van der Waals surface area contributed by atoms with Gasteiger partial charge in [-0.2, -0.15) is 0 Å². The molecule has 0 amide bonds. The number of nitrogens with zero attached hydrogens (tertiary/aromatic N) is 1. The van der Waals surface area contributed by atoms with Crippen LogP contribution in [0.2, 0.25) is 0 Å². The molecule has 4 nitrogen and oxygen atoms in total. The predicted molar refractivity (Wildman–Crippen MR) is 97.9 cm³/mol. The molecular weight excluding hydrogens is 300 g/mol. The van der Waals surface area contributed by atoms with E-state index in [9.17, 15) is 0 Å². The number of nitrogens with one attached hydrogen (secondary N) is 1. The van der Waals surface area contributed by atoms with Crippen molar-refractivity contribution >= 4 is 0 Å². The van der Waals surface area contributed by atoms with Crippen LogP contribution in [-0.2, 0) is 0 Å². The Hall–Kier alpha value is -1.26. The molecule has 2 aliphatic rings. The molecule has 1 heterocycles. The Morgan fingerprint density at radius 1 is 1.12 bits per heavy atom. The first kappa shape index (κ1) is 17.6. The topological polar surface area (TPSA) is 33.7 Å². The Bertz CT molecular complexity index is 490. The Balaban J connectivity index is 1.88. The Morgan fingerprint density at radius 3 is 2.54 bits per heavy atom. The van der Waals surface area contributed by atoms with E-state index >= 15 is 0 Å². The van der Waals surface area contributed by atoms with Crippen molar-refractivity contribution in [1.82, 2.24) is 10.2 Å². The minimum absolute atomic E-state index is 0.511. The summed E-state index contributed by atoms with van der Waals surface area (Å²) >= 11 is 0. The molecule has 1 aromatic rings. The molecular formula is C20H32N2O2. The summed E-state index contributed by atoms with van der Waals surface area (Å²) in [6.07, 6.45) is 6.86. The first-order valence-corrected chi connectivity index (χ1v) is 9.59. The number of hydrogen-bond donors (Lipinski definition) is 1. The van der Waals surface area contributed by atoms with E-state index in [4.69, 9.17) is 9.47 Å². The fraction of sp³-hybridized carbons (Fsp3) is 0.700. The Kier molecular flexibility index (Phi) is 6.38. The van der Waals surface area contributed by atoms with Gasteiger partial charge in [-0.25, -0.2) is 0 Å². The minimum atomic E-state index is 0.511. The van der Waals surface area contributed by atoms with Gasteiger partial charge in [0.2, 0.25) is 0 Å². The second-order valence-electron chi connectivity index (χ2n) is 6.97. The summed E-state index contributed by atoms with van der Waals surface area (Å²) < 4.78 is 11.3. The van der Waals surface area contributed by atoms with Gasteiger partial charge < -0.3 is 14.8 Å². The maximum absolute atomic E-state index is 5.70. The number of piperazine rings is 1. The second kappa shape index (κ2) is 8.72. The molecule has 1 atom stereocenters. The van der Waals surface area contributed by atoms with Crippen molar-refractivity contribution in [3.8, 4) is 11.5 Å². The van der Waals surface area contributed by atoms with Crippen LogP contribution in [0.4, 0.5) is 0 Å². The SMILES string of the molecule is CCOc1ccc([C@@H](C2CCCCC2)N2CCNCC2)cc1OC. The average Bonchev–Trinajstić information content (AvgIpc) is 2.65. The molecule has 0 bridgehead atoms. The summed E-state index contributed by atoms with van der Waals surface area (Å²) in [5.41, 5.74) is 1.39. The second-order valence-corrected chi connectivity index (χ2v) is 6.97. The maximum atomic E-state index is 5.70. The number of ether oxygens (including phenoxy) is 2. The van der Waals surface area contributed by atoms with E-state index in [-0.39, 0.29) is 0 Å². The van der Waals surface area contributed by atoms with Gasteiger partial charge in [0, 0.05) is 32.2 Å². The molecule has 1 saturated carbocycles. The van der Waals surface area contributed by atoms with E-state index < -0.39 is 0 Å². The average molecular weight is 332 g/mol. The molecule has 0 aromatic heterocycles. The lowest BCUT2D eigenvalue weighted by Crippen LogP contribution is -2.47. The highest BCUT2D eigenvalue weighted by atomic mass is 16.5. The zero-order valence-electron chi connectivity index (χ0n) is 15.2. The van der Waals surface area contributed by atoms with Gasteiger partial charge in [0.15, 0.2) is 11.5 Å². The summed E-state index contributed by atoms with van der Waals surface area (Å²) in [6.45, 7) is 7.14. The molecule has 1 aliphatic heterocycles. The van der Waals surface area contributed by atoms with Crippen LogP contribution in [-0.4, -0.2) is 44.8 Å². The Labute approximate surface area is 146 Å². The third-order valence-corrected chi connectivity index (χ3v) is 5.47. The number of rotatable bonds is 6. The molecule has 134 valence electrons. The fourth-order valence-electron chi connectivity index (χ4n) is 4.33. The van der Waals surface area contributed by atoms with Crippen molar-refractivity contribution in [3.63, 3.8) is 0 Å². The van der Waals surface area contributed by atoms with E-state index in [1.165, 1.54) is 37.7 Å². The van der Waals surface area contributed by atoms with Crippen LogP contribution in [0.5, 0.6) is 11.5 Å². The van der Waals surface area contributed by atoms with Crippen LogP contribution >= 0.6 is 0 Å². The van der Waals surface area contributed by atoms with Crippen molar-refractivity contribution in [2.45, 2.75) is 45.1 Å². The molecule has 1 saturated heterocycles. The van der Waals surface area contributed by atoms with Crippen LogP contribution in [0.1, 0.15) is 50.6 Å². The van der Waals surface area contributed by atoms with Gasteiger partial charge in [-0.1, -0.05) is 25.3 Å². The zero-order valence-corrected chi connectivity index (χ0v) is 15.2. The molecule has 3 rings (SSSR count). The third kappa shape index (κ3) is 4.04. The van der Waals surface area contributed by atoms with Crippen molar-refractivity contribution in [3.05, 3.63) is 23.8 Å². The van der Waals surface area contributed by atoms with Crippen LogP contribution in [0.3, 0.4) is 0 Å². The standard InChI is InChI=1S/C20H32N2O2/c1-3-24-18-10-9-17(15-19(18)23-2)20(16-7-5-4-6-8-16)22-13-11-21-12-14-22/h9-10,15-16,20-21H,3-8,11-14H2,1-2H3/t20-/m1/s1. The van der Waals surface area contributed by atoms with Gasteiger partial charge in [0.25, 0.3) is 0 Å². The van der Waals surface area contributed by atoms with Crippen LogP contribution in [0.25, 0.3) is 0 Å². The van der Waals surface area contributed by atoms with Gasteiger partial charge >= 0.3 is 0 Å². The lowest BCUT2D eigenvalue weighted by atomic mass is 9.80. The summed E-state index contributed by atoms with van der Waals surface area (Å²) in [5, 5.41) is 3.49. The monoisotopic (exact) mass is 332 g/mol. The largest absolute Gasteiger partial charge is 0.493 e. The first-order valence-electron chi connectivity index (χ1n) is 9.59. The van der Waals surface area contributed by atoms with E-state index in [1.807, 2.05) is 6.92 Å². The predicted octanol–water partition coefficient (Wildman–Crippen LogP) is 3.62. The number of benzene rings is 1. The molecule has 1 N–H and O–H groups in total. The molecule has 1 aromatic carbocycles. The number of hydrogen-bond acceptors (Lipinski definition) is 4. The van der Waals surface area contributed by atoms with Gasteiger partial charge in [0.1, 0.15) is 0 Å². The summed E-state index contributed by atoms with van der Waals surface area (Å²) in [4.78, 5) is 2.68. The molecule has 0 radical (unpaired) electrons. The van der Waals surface area contributed by atoms with Crippen molar-refractivity contribution in [2.75, 3.05) is 39.9 Å². The smallest absolute Gasteiger partial charge is 0.161 e. The van der Waals surface area contributed by atoms with Crippen LogP contribution in [0.15, 0.2) is 18.2 Å². The highest BCUT2D eigenvalue weighted by Gasteiger charge is 2.31. The van der Waals surface area contributed by atoms with Crippen LogP contribution in [0, 0.1) is 5.92 Å². The molecule has 24 heavy (non-hydrogen) atoms. The Morgan fingerprint density at radius 2 is 1.88 bits per heavy atom. The van der Waals surface area contributed by atoms with Crippen molar-refractivity contribution in [2.24, 2.45) is 5.92 Å². The zero-order chi connectivity index (χ0) is 16.8. The van der Waals surface area contributed by atoms with E-state index in [2.05, 4.69) is 28.4 Å². The molecule has 4 heteroatoms. The third-order valence-electron chi connectivity index (χ3n) is 5.47. The lowest BCUT2D eigenvalue weighted by Gasteiger charge is -2.41. The molecule has 2 fully saturated rings. The van der Waals surface area contributed by atoms with Gasteiger partial charge in [-0.3, -0.25) is 4.90 Å². The van der Waals surface area contributed by atoms with E-state index in [0.717, 1.165) is 43.6 Å².